The van der Waals surface area contributed by atoms with Gasteiger partial charge in [0.15, 0.2) is 0 Å². The molecule has 0 rings (SSSR count). The first-order valence-electron chi connectivity index (χ1n) is 1.69. The molecule has 0 saturated carbocycles. The maximum absolute atomic E-state index is 11.2. The molecule has 0 aromatic carbocycles. The van der Waals surface area contributed by atoms with Gasteiger partial charge in [0.2, 0.25) is 6.36 Å². The maximum Gasteiger partial charge on any atom is 1.00 e. The smallest absolute Gasteiger partial charge is 1.00 e. The van der Waals surface area contributed by atoms with Crippen molar-refractivity contribution in [2.24, 2.45) is 0 Å². The van der Waals surface area contributed by atoms with Gasteiger partial charge in [0.1, 0.15) is 5.75 Å². The molecule has 52 valence electrons. The van der Waals surface area contributed by atoms with Crippen LogP contribution in [0.4, 0.5) is 4.39 Å². The van der Waals surface area contributed by atoms with Crippen LogP contribution in [0.25, 0.3) is 0 Å². The van der Waals surface area contributed by atoms with Gasteiger partial charge in [0, 0.05) is 0 Å². The van der Waals surface area contributed by atoms with Gasteiger partial charge in [0.25, 0.3) is 10.1 Å². The van der Waals surface area contributed by atoms with Crippen LogP contribution >= 0.6 is 0 Å². The van der Waals surface area contributed by atoms with E-state index >= 15 is 0 Å². The Morgan fingerprint density at radius 2 is 2.00 bits per heavy atom. The van der Waals surface area contributed by atoms with Gasteiger partial charge in [-0.15, -0.1) is 0 Å². The SMILES string of the molecule is O=S(=O)(O)CC(O)F.[H-].[Na+]. The van der Waals surface area contributed by atoms with Crippen LogP contribution in [0.3, 0.4) is 0 Å². The summed E-state index contributed by atoms with van der Waals surface area (Å²) in [5, 5.41) is 7.68. The van der Waals surface area contributed by atoms with Gasteiger partial charge in [-0.05, 0) is 0 Å². The number of aliphatic hydroxyl groups excluding tert-OH is 1. The Balaban J connectivity index is -0.000000245. The van der Waals surface area contributed by atoms with Crippen LogP contribution in [0.5, 0.6) is 0 Å². The minimum atomic E-state index is -4.35. The van der Waals surface area contributed by atoms with Crippen molar-refractivity contribution in [3.05, 3.63) is 0 Å². The normalized spacial score (nSPS) is 14.1. The zero-order chi connectivity index (χ0) is 6.78. The second kappa shape index (κ2) is 4.59. The zero-order valence-corrected chi connectivity index (χ0v) is 7.60. The monoisotopic (exact) mass is 168 g/mol. The average molecular weight is 168 g/mol. The standard InChI is InChI=1S/C2H5FO4S.Na.H/c3-2(4)1-8(5,6)7;;/h2,4H,1H2,(H,5,6,7);;/q;+1;-1. The van der Waals surface area contributed by atoms with E-state index in [0.29, 0.717) is 0 Å². The predicted octanol–water partition coefficient (Wildman–Crippen LogP) is -3.72. The van der Waals surface area contributed by atoms with E-state index in [-0.39, 0.29) is 31.0 Å². The molecule has 0 aliphatic rings. The molecule has 0 radical (unpaired) electrons. The third-order valence-corrected chi connectivity index (χ3v) is 1.04. The number of hydrogen-bond donors (Lipinski definition) is 2. The molecular formula is C2H6FNaO4S. The Hall–Kier alpha value is 0.800. The molecule has 0 aliphatic heterocycles. The Kier molecular flexibility index (Phi) is 6.36. The minimum Gasteiger partial charge on any atom is -1.00 e. The maximum atomic E-state index is 11.2. The van der Waals surface area contributed by atoms with E-state index in [1.54, 1.807) is 0 Å². The predicted molar refractivity (Wildman–Crippen MR) is 24.6 cm³/mol. The Labute approximate surface area is 75.6 Å². The quantitative estimate of drug-likeness (QED) is 0.328. The molecule has 0 fully saturated rings. The van der Waals surface area contributed by atoms with Crippen molar-refractivity contribution in [1.29, 1.82) is 0 Å². The van der Waals surface area contributed by atoms with E-state index in [2.05, 4.69) is 0 Å². The topological polar surface area (TPSA) is 74.6 Å². The number of aliphatic hydroxyl groups is 1. The van der Waals surface area contributed by atoms with Crippen molar-refractivity contribution in [1.82, 2.24) is 0 Å². The van der Waals surface area contributed by atoms with Crippen molar-refractivity contribution in [2.75, 3.05) is 5.75 Å². The fourth-order valence-corrected chi connectivity index (χ4v) is 0.521. The Bertz CT molecular complexity index is 157. The molecule has 9 heavy (non-hydrogen) atoms. The molecule has 2 N–H and O–H groups in total. The fourth-order valence-electron chi connectivity index (χ4n) is 0.174. The third-order valence-electron chi connectivity index (χ3n) is 0.348. The van der Waals surface area contributed by atoms with Gasteiger partial charge < -0.3 is 6.53 Å². The molecule has 0 aliphatic carbocycles. The zero-order valence-electron chi connectivity index (χ0n) is 5.78. The molecule has 0 aromatic rings. The van der Waals surface area contributed by atoms with E-state index in [9.17, 15) is 12.8 Å². The number of rotatable bonds is 2. The summed E-state index contributed by atoms with van der Waals surface area (Å²) in [4.78, 5) is 0. The minimum absolute atomic E-state index is 0. The molecule has 0 bridgehead atoms. The largest absolute Gasteiger partial charge is 1.00 e. The van der Waals surface area contributed by atoms with Crippen LogP contribution in [-0.4, -0.2) is 30.2 Å². The molecule has 0 amide bonds. The number of alkyl halides is 1. The number of hydrogen-bond acceptors (Lipinski definition) is 3. The van der Waals surface area contributed by atoms with Crippen molar-refractivity contribution >= 4 is 10.1 Å². The van der Waals surface area contributed by atoms with E-state index in [1.807, 2.05) is 0 Å². The second-order valence-electron chi connectivity index (χ2n) is 1.18. The van der Waals surface area contributed by atoms with Gasteiger partial charge in [0.05, 0.1) is 0 Å². The molecule has 0 heterocycles. The first-order chi connectivity index (χ1) is 3.42. The van der Waals surface area contributed by atoms with Gasteiger partial charge in [-0.1, -0.05) is 0 Å². The van der Waals surface area contributed by atoms with E-state index < -0.39 is 22.2 Å². The fraction of sp³-hybridized carbons (Fsp3) is 1.00. The third kappa shape index (κ3) is 12.1. The Morgan fingerprint density at radius 1 is 1.67 bits per heavy atom. The summed E-state index contributed by atoms with van der Waals surface area (Å²) in [5.41, 5.74) is 0. The molecule has 1 atom stereocenters. The van der Waals surface area contributed by atoms with Gasteiger partial charge >= 0.3 is 29.6 Å². The number of halogens is 1. The summed E-state index contributed by atoms with van der Waals surface area (Å²) in [6, 6.07) is 0. The molecule has 7 heteroatoms. The molecular weight excluding hydrogens is 162 g/mol. The van der Waals surface area contributed by atoms with Crippen molar-refractivity contribution in [3.63, 3.8) is 0 Å². The van der Waals surface area contributed by atoms with Crippen LogP contribution in [0.2, 0.25) is 0 Å². The van der Waals surface area contributed by atoms with Crippen LogP contribution in [-0.2, 0) is 10.1 Å². The summed E-state index contributed by atoms with van der Waals surface area (Å²) in [6.45, 7) is 0. The summed E-state index contributed by atoms with van der Waals surface area (Å²) in [6.07, 6.45) is -2.50. The summed E-state index contributed by atoms with van der Waals surface area (Å²) >= 11 is 0. The Morgan fingerprint density at radius 3 is 2.00 bits per heavy atom. The summed E-state index contributed by atoms with van der Waals surface area (Å²) < 4.78 is 38.2. The van der Waals surface area contributed by atoms with Crippen LogP contribution < -0.4 is 29.6 Å². The van der Waals surface area contributed by atoms with Crippen molar-refractivity contribution in [3.8, 4) is 0 Å². The van der Waals surface area contributed by atoms with E-state index in [1.165, 1.54) is 0 Å². The second-order valence-corrected chi connectivity index (χ2v) is 2.68. The van der Waals surface area contributed by atoms with Crippen LogP contribution in [0, 0.1) is 0 Å². The van der Waals surface area contributed by atoms with Gasteiger partial charge in [-0.25, -0.2) is 4.39 Å². The molecule has 4 nitrogen and oxygen atoms in total. The average Bonchev–Trinajstić information content (AvgIpc) is 1.21. The van der Waals surface area contributed by atoms with Crippen LogP contribution in [0.1, 0.15) is 1.43 Å². The van der Waals surface area contributed by atoms with E-state index in [4.69, 9.17) is 9.66 Å². The first kappa shape index (κ1) is 12.5. The van der Waals surface area contributed by atoms with Crippen molar-refractivity contribution in [2.45, 2.75) is 6.36 Å². The molecule has 0 aromatic heterocycles. The summed E-state index contributed by atoms with van der Waals surface area (Å²) in [7, 11) is -4.35. The van der Waals surface area contributed by atoms with Gasteiger partial charge in [-0.3, -0.25) is 4.55 Å². The molecule has 1 unspecified atom stereocenters. The summed E-state index contributed by atoms with van der Waals surface area (Å²) in [5.74, 6) is -1.26. The molecule has 0 saturated heterocycles. The molecule has 0 spiro atoms. The van der Waals surface area contributed by atoms with Gasteiger partial charge in [-0.2, -0.15) is 8.42 Å². The van der Waals surface area contributed by atoms with Crippen molar-refractivity contribution < 1.29 is 53.5 Å². The van der Waals surface area contributed by atoms with Crippen LogP contribution in [0.15, 0.2) is 0 Å². The first-order valence-corrected chi connectivity index (χ1v) is 3.30. The van der Waals surface area contributed by atoms with E-state index in [0.717, 1.165) is 0 Å².